The van der Waals surface area contributed by atoms with Crippen molar-refractivity contribution < 1.29 is 19.0 Å². The van der Waals surface area contributed by atoms with Crippen LogP contribution in [0.5, 0.6) is 17.2 Å². The molecule has 2 aromatic carbocycles. The number of fused-ring (bicyclic) bond motifs is 1. The molecule has 6 nitrogen and oxygen atoms in total. The Labute approximate surface area is 176 Å². The Bertz CT molecular complexity index is 1010. The molecule has 1 fully saturated rings. The summed E-state index contributed by atoms with van der Waals surface area (Å²) in [6.07, 6.45) is 1.73. The molecule has 0 bridgehead atoms. The van der Waals surface area contributed by atoms with Gasteiger partial charge in [0.1, 0.15) is 5.75 Å². The van der Waals surface area contributed by atoms with Gasteiger partial charge in [0.25, 0.3) is 5.91 Å². The number of anilines is 1. The van der Waals surface area contributed by atoms with E-state index in [1.165, 1.54) is 4.90 Å². The molecule has 4 rings (SSSR count). The first-order chi connectivity index (χ1) is 13.0. The van der Waals surface area contributed by atoms with Gasteiger partial charge in [-0.15, -0.1) is 0 Å². The van der Waals surface area contributed by atoms with Crippen LogP contribution in [0.3, 0.4) is 0 Å². The molecule has 2 aliphatic heterocycles. The van der Waals surface area contributed by atoms with Crippen LogP contribution in [-0.2, 0) is 4.79 Å². The van der Waals surface area contributed by atoms with Crippen molar-refractivity contribution in [2.45, 2.75) is 0 Å². The first kappa shape index (κ1) is 18.4. The molecule has 138 valence electrons. The lowest BCUT2D eigenvalue weighted by Crippen LogP contribution is -2.28. The Morgan fingerprint density at radius 3 is 2.78 bits per heavy atom. The van der Waals surface area contributed by atoms with E-state index in [-0.39, 0.29) is 17.9 Å². The Hall–Kier alpha value is -1.97. The second-order valence-corrected chi connectivity index (χ2v) is 8.40. The number of methoxy groups -OCH3 is 1. The zero-order valence-corrected chi connectivity index (χ0v) is 17.9. The van der Waals surface area contributed by atoms with Crippen molar-refractivity contribution in [3.05, 3.63) is 49.7 Å². The van der Waals surface area contributed by atoms with E-state index >= 15 is 0 Å². The monoisotopic (exact) mass is 510 g/mol. The number of nitrogens with one attached hydrogen (secondary N) is 1. The van der Waals surface area contributed by atoms with E-state index < -0.39 is 0 Å². The number of halogens is 2. The van der Waals surface area contributed by atoms with Crippen molar-refractivity contribution in [2.75, 3.05) is 18.8 Å². The van der Waals surface area contributed by atoms with Crippen LogP contribution in [0.15, 0.2) is 44.2 Å². The van der Waals surface area contributed by atoms with Gasteiger partial charge in [-0.05, 0) is 58.0 Å². The maximum atomic E-state index is 13.0. The predicted molar refractivity (Wildman–Crippen MR) is 112 cm³/mol. The van der Waals surface area contributed by atoms with Crippen LogP contribution in [-0.4, -0.2) is 25.0 Å². The molecule has 0 saturated carbocycles. The molecular formula is C18H12Br2N2O4S. The molecule has 0 unspecified atom stereocenters. The van der Waals surface area contributed by atoms with Crippen LogP contribution in [0.2, 0.25) is 0 Å². The molecule has 2 aromatic rings. The quantitative estimate of drug-likeness (QED) is 0.587. The van der Waals surface area contributed by atoms with Crippen LogP contribution >= 0.6 is 43.6 Å². The van der Waals surface area contributed by atoms with Crippen molar-refractivity contribution in [1.82, 2.24) is 0 Å². The van der Waals surface area contributed by atoms with E-state index in [1.54, 1.807) is 31.4 Å². The third kappa shape index (κ3) is 3.35. The molecule has 0 radical (unpaired) electrons. The normalized spacial score (nSPS) is 17.1. The van der Waals surface area contributed by atoms with Gasteiger partial charge in [-0.1, -0.05) is 15.9 Å². The van der Waals surface area contributed by atoms with Crippen LogP contribution in [0.4, 0.5) is 5.69 Å². The van der Waals surface area contributed by atoms with Crippen molar-refractivity contribution in [3.63, 3.8) is 0 Å². The summed E-state index contributed by atoms with van der Waals surface area (Å²) in [5, 5.41) is 8.38. The summed E-state index contributed by atoms with van der Waals surface area (Å²) >= 11 is 8.00. The molecule has 2 heterocycles. The van der Waals surface area contributed by atoms with Gasteiger partial charge in [-0.2, -0.15) is 0 Å². The standard InChI is InChI=1S/C18H12Br2N2O4S/c1-24-16-9(4-10(19)6-12(16)20)5-15-17(23)22(18(21)27-15)11-2-3-13-14(7-11)26-8-25-13/h2-7,21H,8H2,1H3/b15-5-,21-18?. The van der Waals surface area contributed by atoms with Crippen molar-refractivity contribution in [2.24, 2.45) is 0 Å². The summed E-state index contributed by atoms with van der Waals surface area (Å²) in [5.41, 5.74) is 1.29. The maximum Gasteiger partial charge on any atom is 0.271 e. The summed E-state index contributed by atoms with van der Waals surface area (Å²) in [5.74, 6) is 1.53. The molecule has 0 spiro atoms. The van der Waals surface area contributed by atoms with Gasteiger partial charge < -0.3 is 14.2 Å². The van der Waals surface area contributed by atoms with Crippen LogP contribution < -0.4 is 19.1 Å². The molecule has 2 aliphatic rings. The minimum Gasteiger partial charge on any atom is -0.495 e. The number of hydrogen-bond acceptors (Lipinski definition) is 6. The predicted octanol–water partition coefficient (Wildman–Crippen LogP) is 5.00. The summed E-state index contributed by atoms with van der Waals surface area (Å²) in [7, 11) is 1.57. The van der Waals surface area contributed by atoms with Gasteiger partial charge in [0.2, 0.25) is 6.79 Å². The van der Waals surface area contributed by atoms with Crippen molar-refractivity contribution >= 4 is 66.5 Å². The Morgan fingerprint density at radius 1 is 1.22 bits per heavy atom. The minimum atomic E-state index is -0.276. The third-order valence-corrected chi connectivity index (χ3v) is 5.90. The average molecular weight is 512 g/mol. The molecule has 27 heavy (non-hydrogen) atoms. The molecule has 0 atom stereocenters. The minimum absolute atomic E-state index is 0.123. The lowest BCUT2D eigenvalue weighted by molar-refractivity contribution is -0.113. The SMILES string of the molecule is COc1c(Br)cc(Br)cc1/C=C1\SC(=N)N(c2ccc3c(c2)OCO3)C1=O. The number of ether oxygens (including phenoxy) is 3. The number of amidine groups is 1. The van der Waals surface area contributed by atoms with Gasteiger partial charge in [-0.25, -0.2) is 0 Å². The zero-order chi connectivity index (χ0) is 19.1. The van der Waals surface area contributed by atoms with Crippen molar-refractivity contribution in [3.8, 4) is 17.2 Å². The molecule has 9 heteroatoms. The van der Waals surface area contributed by atoms with E-state index in [1.807, 2.05) is 12.1 Å². The van der Waals surface area contributed by atoms with Crippen LogP contribution in [0.1, 0.15) is 5.56 Å². The zero-order valence-electron chi connectivity index (χ0n) is 13.9. The van der Waals surface area contributed by atoms with Gasteiger partial charge >= 0.3 is 0 Å². The molecule has 0 aliphatic carbocycles. The number of hydrogen-bond donors (Lipinski definition) is 1. The summed E-state index contributed by atoms with van der Waals surface area (Å²) in [6, 6.07) is 8.90. The van der Waals surface area contributed by atoms with E-state index in [0.29, 0.717) is 27.8 Å². The second-order valence-electron chi connectivity index (χ2n) is 5.60. The number of thioether (sulfide) groups is 1. The maximum absolute atomic E-state index is 13.0. The highest BCUT2D eigenvalue weighted by Crippen LogP contribution is 2.41. The fraction of sp³-hybridized carbons (Fsp3) is 0.111. The lowest BCUT2D eigenvalue weighted by atomic mass is 10.2. The molecule has 1 amide bonds. The topological polar surface area (TPSA) is 71.8 Å². The van der Waals surface area contributed by atoms with Gasteiger partial charge in [0.15, 0.2) is 16.7 Å². The fourth-order valence-electron chi connectivity index (χ4n) is 2.79. The fourth-order valence-corrected chi connectivity index (χ4v) is 5.06. The number of carbonyl (C=O) groups is 1. The van der Waals surface area contributed by atoms with Crippen LogP contribution in [0.25, 0.3) is 6.08 Å². The first-order valence-electron chi connectivity index (χ1n) is 7.73. The Balaban J connectivity index is 1.71. The van der Waals surface area contributed by atoms with E-state index in [0.717, 1.165) is 26.3 Å². The highest BCUT2D eigenvalue weighted by atomic mass is 79.9. The van der Waals surface area contributed by atoms with E-state index in [4.69, 9.17) is 19.6 Å². The summed E-state index contributed by atoms with van der Waals surface area (Å²) in [4.78, 5) is 14.7. The lowest BCUT2D eigenvalue weighted by Gasteiger charge is -2.14. The van der Waals surface area contributed by atoms with Crippen LogP contribution in [0, 0.1) is 5.41 Å². The molecule has 1 N–H and O–H groups in total. The molecule has 1 saturated heterocycles. The van der Waals surface area contributed by atoms with Gasteiger partial charge in [0, 0.05) is 16.1 Å². The highest BCUT2D eigenvalue weighted by molar-refractivity contribution is 9.11. The molecular weight excluding hydrogens is 500 g/mol. The van der Waals surface area contributed by atoms with Gasteiger partial charge in [-0.3, -0.25) is 15.1 Å². The first-order valence-corrected chi connectivity index (χ1v) is 10.1. The number of amides is 1. The highest BCUT2D eigenvalue weighted by Gasteiger charge is 2.34. The van der Waals surface area contributed by atoms with Crippen molar-refractivity contribution in [1.29, 1.82) is 5.41 Å². The number of nitrogens with zero attached hydrogens (tertiary/aromatic N) is 1. The number of benzene rings is 2. The number of carbonyl (C=O) groups excluding carboxylic acids is 1. The Morgan fingerprint density at radius 2 is 2.00 bits per heavy atom. The smallest absolute Gasteiger partial charge is 0.271 e. The van der Waals surface area contributed by atoms with Gasteiger partial charge in [0.05, 0.1) is 22.2 Å². The van der Waals surface area contributed by atoms with E-state index in [9.17, 15) is 4.79 Å². The summed E-state index contributed by atoms with van der Waals surface area (Å²) < 4.78 is 17.7. The third-order valence-electron chi connectivity index (χ3n) is 3.97. The largest absolute Gasteiger partial charge is 0.495 e. The molecule has 0 aromatic heterocycles. The number of rotatable bonds is 3. The Kier molecular flexibility index (Phi) is 4.92. The summed E-state index contributed by atoms with van der Waals surface area (Å²) in [6.45, 7) is 0.154. The second kappa shape index (κ2) is 7.21. The van der Waals surface area contributed by atoms with E-state index in [2.05, 4.69) is 31.9 Å². The average Bonchev–Trinajstić information content (AvgIpc) is 3.18.